The second-order valence-corrected chi connectivity index (χ2v) is 5.91. The first-order chi connectivity index (χ1) is 14.0. The van der Waals surface area contributed by atoms with Crippen molar-refractivity contribution in [2.75, 3.05) is 20.8 Å². The molecule has 0 aliphatic carbocycles. The summed E-state index contributed by atoms with van der Waals surface area (Å²) in [4.78, 5) is 4.45. The molecule has 10 heteroatoms. The lowest BCUT2D eigenvalue weighted by atomic mass is 10.2. The molecule has 2 aromatic rings. The maximum Gasteiger partial charge on any atom is 0.387 e. The van der Waals surface area contributed by atoms with E-state index in [1.54, 1.807) is 30.3 Å². The molecule has 0 spiro atoms. The van der Waals surface area contributed by atoms with E-state index in [1.165, 1.54) is 20.3 Å². The third-order valence-corrected chi connectivity index (χ3v) is 3.94. The number of rotatable bonds is 9. The normalized spacial score (nSPS) is 10.9. The Labute approximate surface area is 191 Å². The first-order valence-electron chi connectivity index (χ1n) is 8.96. The maximum absolute atomic E-state index is 12.7. The monoisotopic (exact) mass is 537 g/mol. The van der Waals surface area contributed by atoms with Crippen LogP contribution in [-0.2, 0) is 13.1 Å². The summed E-state index contributed by atoms with van der Waals surface area (Å²) in [6, 6.07) is 9.63. The van der Waals surface area contributed by atoms with E-state index in [4.69, 9.17) is 9.47 Å². The second kappa shape index (κ2) is 12.9. The van der Waals surface area contributed by atoms with Crippen molar-refractivity contribution in [3.05, 3.63) is 47.5 Å². The molecule has 2 aromatic carbocycles. The molecule has 0 saturated carbocycles. The van der Waals surface area contributed by atoms with E-state index in [1.807, 2.05) is 6.92 Å². The van der Waals surface area contributed by atoms with Crippen LogP contribution in [0.25, 0.3) is 0 Å². The molecule has 2 rings (SSSR count). The number of methoxy groups -OCH3 is 2. The van der Waals surface area contributed by atoms with Gasteiger partial charge in [0.15, 0.2) is 17.5 Å². The van der Waals surface area contributed by atoms with E-state index in [-0.39, 0.29) is 42.0 Å². The van der Waals surface area contributed by atoms with Gasteiger partial charge in [-0.25, -0.2) is 4.99 Å². The highest BCUT2D eigenvalue weighted by molar-refractivity contribution is 14.0. The SMILES string of the molecule is CCNC(=NCc1ccc(OC)c(O)c1)NCc1cc(OC)ccc1OC(F)F.I. The molecule has 0 heterocycles. The van der Waals surface area contributed by atoms with E-state index in [0.29, 0.717) is 36.1 Å². The largest absolute Gasteiger partial charge is 0.504 e. The number of ether oxygens (including phenoxy) is 3. The number of benzene rings is 2. The van der Waals surface area contributed by atoms with Crippen LogP contribution >= 0.6 is 24.0 Å². The van der Waals surface area contributed by atoms with Crippen LogP contribution in [0.2, 0.25) is 0 Å². The fourth-order valence-electron chi connectivity index (χ4n) is 2.56. The molecule has 0 atom stereocenters. The number of nitrogens with one attached hydrogen (secondary N) is 2. The van der Waals surface area contributed by atoms with Gasteiger partial charge in [-0.2, -0.15) is 8.78 Å². The molecular formula is C20H26F2IN3O4. The summed E-state index contributed by atoms with van der Waals surface area (Å²) in [5, 5.41) is 16.0. The highest BCUT2D eigenvalue weighted by Gasteiger charge is 2.12. The summed E-state index contributed by atoms with van der Waals surface area (Å²) in [7, 11) is 2.97. The van der Waals surface area contributed by atoms with Gasteiger partial charge in [0.25, 0.3) is 0 Å². The first-order valence-corrected chi connectivity index (χ1v) is 8.96. The molecule has 0 aliphatic rings. The van der Waals surface area contributed by atoms with Crippen LogP contribution in [0.5, 0.6) is 23.0 Å². The fraction of sp³-hybridized carbons (Fsp3) is 0.350. The van der Waals surface area contributed by atoms with Gasteiger partial charge in [0, 0.05) is 18.7 Å². The number of phenolic OH excluding ortho intramolecular Hbond substituents is 1. The van der Waals surface area contributed by atoms with E-state index in [9.17, 15) is 13.9 Å². The molecule has 0 fully saturated rings. The third-order valence-electron chi connectivity index (χ3n) is 3.94. The maximum atomic E-state index is 12.7. The van der Waals surface area contributed by atoms with Gasteiger partial charge < -0.3 is 30.0 Å². The van der Waals surface area contributed by atoms with Crippen molar-refractivity contribution in [3.8, 4) is 23.0 Å². The number of halogens is 3. The lowest BCUT2D eigenvalue weighted by molar-refractivity contribution is -0.0505. The minimum atomic E-state index is -2.92. The Bertz CT molecular complexity index is 838. The summed E-state index contributed by atoms with van der Waals surface area (Å²) in [5.74, 6) is 1.48. The predicted molar refractivity (Wildman–Crippen MR) is 121 cm³/mol. The lowest BCUT2D eigenvalue weighted by Crippen LogP contribution is -2.36. The molecule has 0 amide bonds. The Balaban J connectivity index is 0.00000450. The Hall–Kier alpha value is -2.50. The van der Waals surface area contributed by atoms with Gasteiger partial charge in [0.2, 0.25) is 0 Å². The standard InChI is InChI=1S/C20H25F2N3O4.HI/c1-4-23-20(24-11-13-5-7-18(28-3)16(26)9-13)25-12-14-10-15(27-2)6-8-17(14)29-19(21)22;/h5-10,19,26H,4,11-12H2,1-3H3,(H2,23,24,25);1H. The molecule has 0 unspecified atom stereocenters. The molecule has 0 radical (unpaired) electrons. The van der Waals surface area contributed by atoms with Crippen molar-refractivity contribution in [3.63, 3.8) is 0 Å². The molecule has 0 aliphatic heterocycles. The van der Waals surface area contributed by atoms with Crippen LogP contribution in [-0.4, -0.2) is 38.4 Å². The van der Waals surface area contributed by atoms with Gasteiger partial charge in [-0.05, 0) is 42.8 Å². The minimum Gasteiger partial charge on any atom is -0.504 e. The average Bonchev–Trinajstić information content (AvgIpc) is 2.70. The average molecular weight is 537 g/mol. The van der Waals surface area contributed by atoms with Gasteiger partial charge in [0.05, 0.1) is 20.8 Å². The Morgan fingerprint density at radius 1 is 1.07 bits per heavy atom. The van der Waals surface area contributed by atoms with Crippen LogP contribution in [0.3, 0.4) is 0 Å². The number of aromatic hydroxyl groups is 1. The number of phenols is 1. The smallest absolute Gasteiger partial charge is 0.387 e. The zero-order chi connectivity index (χ0) is 21.2. The number of alkyl halides is 2. The van der Waals surface area contributed by atoms with Gasteiger partial charge in [-0.15, -0.1) is 24.0 Å². The third kappa shape index (κ3) is 7.73. The van der Waals surface area contributed by atoms with Crippen LogP contribution in [0.4, 0.5) is 8.78 Å². The van der Waals surface area contributed by atoms with Crippen molar-refractivity contribution in [2.24, 2.45) is 4.99 Å². The Morgan fingerprint density at radius 2 is 1.80 bits per heavy atom. The summed E-state index contributed by atoms with van der Waals surface area (Å²) >= 11 is 0. The first kappa shape index (κ1) is 25.5. The Morgan fingerprint density at radius 3 is 2.40 bits per heavy atom. The van der Waals surface area contributed by atoms with Crippen molar-refractivity contribution in [1.29, 1.82) is 0 Å². The summed E-state index contributed by atoms with van der Waals surface area (Å²) in [6.45, 7) is 0.0855. The van der Waals surface area contributed by atoms with Gasteiger partial charge >= 0.3 is 6.61 Å². The van der Waals surface area contributed by atoms with Crippen molar-refractivity contribution in [1.82, 2.24) is 10.6 Å². The van der Waals surface area contributed by atoms with Crippen LogP contribution in [0.15, 0.2) is 41.4 Å². The van der Waals surface area contributed by atoms with E-state index < -0.39 is 6.61 Å². The van der Waals surface area contributed by atoms with E-state index >= 15 is 0 Å². The van der Waals surface area contributed by atoms with Crippen molar-refractivity contribution in [2.45, 2.75) is 26.6 Å². The summed E-state index contributed by atoms with van der Waals surface area (Å²) < 4.78 is 40.1. The predicted octanol–water partition coefficient (Wildman–Crippen LogP) is 3.88. The van der Waals surface area contributed by atoms with Crippen LogP contribution in [0.1, 0.15) is 18.1 Å². The minimum absolute atomic E-state index is 0. The second-order valence-electron chi connectivity index (χ2n) is 5.91. The number of hydrogen-bond donors (Lipinski definition) is 3. The van der Waals surface area contributed by atoms with Gasteiger partial charge in [0.1, 0.15) is 11.5 Å². The molecule has 0 aromatic heterocycles. The molecule has 166 valence electrons. The van der Waals surface area contributed by atoms with Crippen LogP contribution < -0.4 is 24.8 Å². The van der Waals surface area contributed by atoms with E-state index in [0.717, 1.165) is 5.56 Å². The number of nitrogens with zero attached hydrogens (tertiary/aromatic N) is 1. The van der Waals surface area contributed by atoms with Crippen molar-refractivity contribution < 1.29 is 28.1 Å². The lowest BCUT2D eigenvalue weighted by Gasteiger charge is -2.15. The highest BCUT2D eigenvalue weighted by Crippen LogP contribution is 2.27. The molecule has 3 N–H and O–H groups in total. The molecule has 0 bridgehead atoms. The molecule has 7 nitrogen and oxygen atoms in total. The quantitative estimate of drug-likeness (QED) is 0.256. The van der Waals surface area contributed by atoms with Gasteiger partial charge in [-0.3, -0.25) is 0 Å². The zero-order valence-corrected chi connectivity index (χ0v) is 19.3. The number of hydrogen-bond acceptors (Lipinski definition) is 5. The molecule has 30 heavy (non-hydrogen) atoms. The molecule has 0 saturated heterocycles. The highest BCUT2D eigenvalue weighted by atomic mass is 127. The topological polar surface area (TPSA) is 84.3 Å². The number of aliphatic imine (C=N–C) groups is 1. The fourth-order valence-corrected chi connectivity index (χ4v) is 2.56. The van der Waals surface area contributed by atoms with Gasteiger partial charge in [-0.1, -0.05) is 6.07 Å². The zero-order valence-electron chi connectivity index (χ0n) is 16.9. The van der Waals surface area contributed by atoms with Crippen molar-refractivity contribution >= 4 is 29.9 Å². The molecular weight excluding hydrogens is 511 g/mol. The van der Waals surface area contributed by atoms with E-state index in [2.05, 4.69) is 20.4 Å². The Kier molecular flexibility index (Phi) is 11.0. The van der Waals surface area contributed by atoms with Crippen LogP contribution in [0, 0.1) is 0 Å². The number of guanidine groups is 1. The summed E-state index contributed by atoms with van der Waals surface area (Å²) in [5.41, 5.74) is 1.28. The summed E-state index contributed by atoms with van der Waals surface area (Å²) in [6.07, 6.45) is 0.